The maximum absolute atomic E-state index is 12.4. The second-order valence-corrected chi connectivity index (χ2v) is 6.03. The Hall–Kier alpha value is -3.28. The zero-order valence-electron chi connectivity index (χ0n) is 14.6. The molecule has 0 aromatic heterocycles. The first-order valence-electron chi connectivity index (χ1n) is 8.35. The Labute approximate surface area is 152 Å². The topological polar surface area (TPSA) is 70.7 Å². The number of benzene rings is 2. The van der Waals surface area contributed by atoms with E-state index in [-0.39, 0.29) is 11.8 Å². The van der Waals surface area contributed by atoms with Crippen molar-refractivity contribution in [2.45, 2.75) is 6.54 Å². The van der Waals surface area contributed by atoms with Gasteiger partial charge in [0.15, 0.2) is 0 Å². The Morgan fingerprint density at radius 2 is 2.00 bits per heavy atom. The second kappa shape index (κ2) is 7.74. The van der Waals surface area contributed by atoms with Gasteiger partial charge in [-0.05, 0) is 35.9 Å². The SMILES string of the molecule is C=CC(=O)NCc1ccc(C(=O)Nc2ccc3c(c2)OCCN3C)cc1. The summed E-state index contributed by atoms with van der Waals surface area (Å²) in [6.07, 6.45) is 1.22. The van der Waals surface area contributed by atoms with Crippen LogP contribution in [0.2, 0.25) is 0 Å². The van der Waals surface area contributed by atoms with E-state index >= 15 is 0 Å². The summed E-state index contributed by atoms with van der Waals surface area (Å²) in [6.45, 7) is 5.27. The summed E-state index contributed by atoms with van der Waals surface area (Å²) < 4.78 is 5.66. The number of anilines is 2. The van der Waals surface area contributed by atoms with Gasteiger partial charge in [0.2, 0.25) is 5.91 Å². The van der Waals surface area contributed by atoms with Gasteiger partial charge in [0, 0.05) is 30.9 Å². The molecule has 0 spiro atoms. The van der Waals surface area contributed by atoms with Gasteiger partial charge in [-0.3, -0.25) is 9.59 Å². The molecule has 0 bridgehead atoms. The molecule has 0 aliphatic carbocycles. The van der Waals surface area contributed by atoms with Gasteiger partial charge < -0.3 is 20.3 Å². The van der Waals surface area contributed by atoms with Gasteiger partial charge in [0.05, 0.1) is 12.2 Å². The highest BCUT2D eigenvalue weighted by molar-refractivity contribution is 6.04. The van der Waals surface area contributed by atoms with Crippen molar-refractivity contribution in [2.24, 2.45) is 0 Å². The molecular weight excluding hydrogens is 330 g/mol. The average molecular weight is 351 g/mol. The van der Waals surface area contributed by atoms with Crippen molar-refractivity contribution in [1.29, 1.82) is 0 Å². The number of amides is 2. The highest BCUT2D eigenvalue weighted by Gasteiger charge is 2.16. The minimum atomic E-state index is -0.230. The number of ether oxygens (including phenoxy) is 1. The first kappa shape index (κ1) is 17.5. The van der Waals surface area contributed by atoms with Crippen LogP contribution in [0.4, 0.5) is 11.4 Å². The van der Waals surface area contributed by atoms with E-state index in [4.69, 9.17) is 4.74 Å². The molecule has 2 N–H and O–H groups in total. The maximum Gasteiger partial charge on any atom is 0.255 e. The lowest BCUT2D eigenvalue weighted by Gasteiger charge is -2.27. The molecule has 1 heterocycles. The number of carbonyl (C=O) groups is 2. The summed E-state index contributed by atoms with van der Waals surface area (Å²) in [5.74, 6) is 0.341. The van der Waals surface area contributed by atoms with Crippen LogP contribution in [-0.4, -0.2) is 32.0 Å². The number of hydrogen-bond donors (Lipinski definition) is 2. The Morgan fingerprint density at radius 3 is 2.73 bits per heavy atom. The van der Waals surface area contributed by atoms with Crippen LogP contribution in [0, 0.1) is 0 Å². The van der Waals surface area contributed by atoms with Gasteiger partial charge in [-0.25, -0.2) is 0 Å². The van der Waals surface area contributed by atoms with Crippen LogP contribution in [0.1, 0.15) is 15.9 Å². The molecule has 26 heavy (non-hydrogen) atoms. The summed E-state index contributed by atoms with van der Waals surface area (Å²) in [5, 5.41) is 5.58. The Morgan fingerprint density at radius 1 is 1.23 bits per heavy atom. The highest BCUT2D eigenvalue weighted by Crippen LogP contribution is 2.33. The van der Waals surface area contributed by atoms with Gasteiger partial charge in [-0.1, -0.05) is 18.7 Å². The van der Waals surface area contributed by atoms with Crippen molar-refractivity contribution in [3.63, 3.8) is 0 Å². The zero-order chi connectivity index (χ0) is 18.5. The van der Waals surface area contributed by atoms with E-state index in [9.17, 15) is 9.59 Å². The monoisotopic (exact) mass is 351 g/mol. The second-order valence-electron chi connectivity index (χ2n) is 6.03. The summed E-state index contributed by atoms with van der Waals surface area (Å²) in [4.78, 5) is 25.7. The fraction of sp³-hybridized carbons (Fsp3) is 0.200. The fourth-order valence-electron chi connectivity index (χ4n) is 2.67. The van der Waals surface area contributed by atoms with Crippen LogP contribution in [0.5, 0.6) is 5.75 Å². The Bertz CT molecular complexity index is 831. The van der Waals surface area contributed by atoms with Crippen LogP contribution in [0.15, 0.2) is 55.1 Å². The highest BCUT2D eigenvalue weighted by atomic mass is 16.5. The third kappa shape index (κ3) is 4.03. The van der Waals surface area contributed by atoms with Crippen molar-refractivity contribution < 1.29 is 14.3 Å². The molecule has 0 radical (unpaired) electrons. The number of fused-ring (bicyclic) bond motifs is 1. The molecule has 134 valence electrons. The van der Waals surface area contributed by atoms with E-state index in [0.29, 0.717) is 24.4 Å². The largest absolute Gasteiger partial charge is 0.489 e. The molecule has 6 nitrogen and oxygen atoms in total. The molecule has 2 aromatic carbocycles. The van der Waals surface area contributed by atoms with Crippen molar-refractivity contribution in [3.05, 3.63) is 66.2 Å². The number of likely N-dealkylation sites (N-methyl/N-ethyl adjacent to an activating group) is 1. The predicted octanol–water partition coefficient (Wildman–Crippen LogP) is 2.57. The first-order chi connectivity index (χ1) is 12.6. The third-order valence-corrected chi connectivity index (χ3v) is 4.18. The minimum Gasteiger partial charge on any atom is -0.489 e. The van der Waals surface area contributed by atoms with Crippen molar-refractivity contribution >= 4 is 23.2 Å². The van der Waals surface area contributed by atoms with Crippen molar-refractivity contribution in [2.75, 3.05) is 30.4 Å². The number of nitrogens with zero attached hydrogens (tertiary/aromatic N) is 1. The summed E-state index contributed by atoms with van der Waals surface area (Å²) in [5.41, 5.74) is 3.15. The molecule has 6 heteroatoms. The number of nitrogens with one attached hydrogen (secondary N) is 2. The van der Waals surface area contributed by atoms with Gasteiger partial charge in [-0.15, -0.1) is 0 Å². The molecule has 0 fully saturated rings. The van der Waals surface area contributed by atoms with E-state index < -0.39 is 0 Å². The lowest BCUT2D eigenvalue weighted by atomic mass is 10.1. The average Bonchev–Trinajstić information content (AvgIpc) is 2.66. The third-order valence-electron chi connectivity index (χ3n) is 4.18. The van der Waals surface area contributed by atoms with E-state index in [1.54, 1.807) is 12.1 Å². The van der Waals surface area contributed by atoms with Crippen LogP contribution >= 0.6 is 0 Å². The molecule has 0 unspecified atom stereocenters. The van der Waals surface area contributed by atoms with Gasteiger partial charge in [-0.2, -0.15) is 0 Å². The molecule has 0 atom stereocenters. The molecule has 1 aliphatic rings. The van der Waals surface area contributed by atoms with Gasteiger partial charge in [0.25, 0.3) is 5.91 Å². The van der Waals surface area contributed by atoms with E-state index in [0.717, 1.165) is 23.5 Å². The Balaban J connectivity index is 1.64. The molecule has 3 rings (SSSR count). The molecule has 2 amide bonds. The molecule has 0 saturated heterocycles. The van der Waals surface area contributed by atoms with E-state index in [1.165, 1.54) is 6.08 Å². The number of hydrogen-bond acceptors (Lipinski definition) is 4. The predicted molar refractivity (Wildman–Crippen MR) is 102 cm³/mol. The lowest BCUT2D eigenvalue weighted by Crippen LogP contribution is -2.28. The maximum atomic E-state index is 12.4. The lowest BCUT2D eigenvalue weighted by molar-refractivity contribution is -0.116. The minimum absolute atomic E-state index is 0.198. The zero-order valence-corrected chi connectivity index (χ0v) is 14.6. The normalized spacial score (nSPS) is 12.6. The quantitative estimate of drug-likeness (QED) is 0.813. The van der Waals surface area contributed by atoms with Crippen molar-refractivity contribution in [3.8, 4) is 5.75 Å². The van der Waals surface area contributed by atoms with Crippen LogP contribution < -0.4 is 20.3 Å². The summed E-state index contributed by atoms with van der Waals surface area (Å²) in [6, 6.07) is 12.7. The summed E-state index contributed by atoms with van der Waals surface area (Å²) >= 11 is 0. The fourth-order valence-corrected chi connectivity index (χ4v) is 2.67. The van der Waals surface area contributed by atoms with Gasteiger partial charge >= 0.3 is 0 Å². The summed E-state index contributed by atoms with van der Waals surface area (Å²) in [7, 11) is 2.01. The molecule has 0 saturated carbocycles. The van der Waals surface area contributed by atoms with Crippen LogP contribution in [0.3, 0.4) is 0 Å². The van der Waals surface area contributed by atoms with Gasteiger partial charge in [0.1, 0.15) is 12.4 Å². The molecule has 2 aromatic rings. The number of carbonyl (C=O) groups excluding carboxylic acids is 2. The number of rotatable bonds is 5. The van der Waals surface area contributed by atoms with Crippen LogP contribution in [-0.2, 0) is 11.3 Å². The van der Waals surface area contributed by atoms with Crippen molar-refractivity contribution in [1.82, 2.24) is 5.32 Å². The molecular formula is C20H21N3O3. The Kier molecular flexibility index (Phi) is 5.22. The molecule has 1 aliphatic heterocycles. The first-order valence-corrected chi connectivity index (χ1v) is 8.35. The smallest absolute Gasteiger partial charge is 0.255 e. The van der Waals surface area contributed by atoms with E-state index in [2.05, 4.69) is 22.1 Å². The van der Waals surface area contributed by atoms with E-state index in [1.807, 2.05) is 37.4 Å². The standard InChI is InChI=1S/C20H21N3O3/c1-3-19(24)21-13-14-4-6-15(7-5-14)20(25)22-16-8-9-17-18(12-16)26-11-10-23(17)2/h3-9,12H,1,10-11,13H2,2H3,(H,21,24)(H,22,25). The van der Waals surface area contributed by atoms with Crippen LogP contribution in [0.25, 0.3) is 0 Å².